The van der Waals surface area contributed by atoms with E-state index in [4.69, 9.17) is 9.40 Å². The molecule has 3 aromatic heterocycles. The average molecular weight is 663 g/mol. The number of nitrogens with zero attached hydrogens (tertiary/aromatic N) is 2. The Morgan fingerprint density at radius 3 is 1.79 bits per heavy atom. The third-order valence-corrected chi connectivity index (χ3v) is 10.6. The van der Waals surface area contributed by atoms with Crippen molar-refractivity contribution in [3.8, 4) is 39.2 Å². The highest BCUT2D eigenvalue weighted by Crippen LogP contribution is 2.42. The van der Waals surface area contributed by atoms with E-state index in [1.54, 1.807) is 0 Å². The molecule has 11 aromatic rings. The standard InChI is InChI=1S/C49H30N2O/c1-3-11-33(12-4-1)48-41-27-26-39-42-29-34(24-28-46(42)52-49(39)47(41)40-16-7-9-17-43(40)50-48)31-19-21-32(22-20-31)35-23-25-38-37-15-8-10-18-44(37)51(45(38)30-35)36-13-5-2-6-14-36/h1-30H. The fourth-order valence-corrected chi connectivity index (χ4v) is 8.12. The summed E-state index contributed by atoms with van der Waals surface area (Å²) in [5.41, 5.74) is 13.1. The van der Waals surface area contributed by atoms with Crippen molar-refractivity contribution in [3.63, 3.8) is 0 Å². The predicted octanol–water partition coefficient (Wildman–Crippen LogP) is 13.4. The maximum Gasteiger partial charge on any atom is 0.144 e. The molecule has 0 aliphatic carbocycles. The summed E-state index contributed by atoms with van der Waals surface area (Å²) in [7, 11) is 0. The Balaban J connectivity index is 1.02. The molecule has 0 radical (unpaired) electrons. The first-order valence-corrected chi connectivity index (χ1v) is 17.7. The van der Waals surface area contributed by atoms with Crippen molar-refractivity contribution in [2.45, 2.75) is 0 Å². The van der Waals surface area contributed by atoms with Crippen LogP contribution in [0.2, 0.25) is 0 Å². The van der Waals surface area contributed by atoms with Crippen LogP contribution in [-0.2, 0) is 0 Å². The first-order valence-electron chi connectivity index (χ1n) is 17.7. The number of rotatable bonds is 4. The van der Waals surface area contributed by atoms with Crippen LogP contribution in [0.5, 0.6) is 0 Å². The van der Waals surface area contributed by atoms with Gasteiger partial charge in [-0.1, -0.05) is 133 Å². The van der Waals surface area contributed by atoms with Crippen LogP contribution >= 0.6 is 0 Å². The van der Waals surface area contributed by atoms with Crippen molar-refractivity contribution < 1.29 is 4.42 Å². The van der Waals surface area contributed by atoms with E-state index < -0.39 is 0 Å². The molecule has 11 rings (SSSR count). The summed E-state index contributed by atoms with van der Waals surface area (Å²) in [5.74, 6) is 0. The molecule has 8 aromatic carbocycles. The van der Waals surface area contributed by atoms with Gasteiger partial charge in [0.15, 0.2) is 0 Å². The molecule has 3 nitrogen and oxygen atoms in total. The quantitative estimate of drug-likeness (QED) is 0.176. The van der Waals surface area contributed by atoms with Gasteiger partial charge in [-0.05, 0) is 70.8 Å². The molecule has 0 saturated carbocycles. The molecule has 0 spiro atoms. The van der Waals surface area contributed by atoms with Crippen LogP contribution in [0.1, 0.15) is 0 Å². The van der Waals surface area contributed by atoms with E-state index in [-0.39, 0.29) is 0 Å². The monoisotopic (exact) mass is 662 g/mol. The predicted molar refractivity (Wildman–Crippen MR) is 217 cm³/mol. The fraction of sp³-hybridized carbons (Fsp3) is 0. The molecule has 52 heavy (non-hydrogen) atoms. The number of pyridine rings is 1. The van der Waals surface area contributed by atoms with E-state index in [9.17, 15) is 0 Å². The highest BCUT2D eigenvalue weighted by Gasteiger charge is 2.18. The number of furan rings is 1. The summed E-state index contributed by atoms with van der Waals surface area (Å²) in [6.07, 6.45) is 0. The lowest BCUT2D eigenvalue weighted by Crippen LogP contribution is -1.93. The molecule has 0 bridgehead atoms. The first kappa shape index (κ1) is 28.8. The molecule has 3 heterocycles. The van der Waals surface area contributed by atoms with Gasteiger partial charge in [-0.2, -0.15) is 0 Å². The van der Waals surface area contributed by atoms with Crippen molar-refractivity contribution in [3.05, 3.63) is 182 Å². The second-order valence-corrected chi connectivity index (χ2v) is 13.5. The molecular weight excluding hydrogens is 633 g/mol. The van der Waals surface area contributed by atoms with Crippen LogP contribution in [0.3, 0.4) is 0 Å². The zero-order valence-electron chi connectivity index (χ0n) is 28.1. The van der Waals surface area contributed by atoms with E-state index in [1.165, 1.54) is 38.5 Å². The van der Waals surface area contributed by atoms with Crippen LogP contribution in [0.25, 0.3) is 105 Å². The zero-order valence-corrected chi connectivity index (χ0v) is 28.1. The molecule has 3 heteroatoms. The van der Waals surface area contributed by atoms with Gasteiger partial charge in [0.1, 0.15) is 11.2 Å². The van der Waals surface area contributed by atoms with Gasteiger partial charge in [0.05, 0.1) is 22.2 Å². The lowest BCUT2D eigenvalue weighted by atomic mass is 9.96. The largest absolute Gasteiger partial charge is 0.455 e. The minimum absolute atomic E-state index is 0.882. The SMILES string of the molecule is c1ccc(-c2nc3ccccc3c3c2ccc2c4cc(-c5ccc(-c6ccc7c8ccccc8n(-c8ccccc8)c7c6)cc5)ccc4oc23)cc1. The van der Waals surface area contributed by atoms with Gasteiger partial charge in [0.25, 0.3) is 0 Å². The number of hydrogen-bond acceptors (Lipinski definition) is 2. The van der Waals surface area contributed by atoms with Crippen molar-refractivity contribution in [1.82, 2.24) is 9.55 Å². The van der Waals surface area contributed by atoms with Gasteiger partial charge >= 0.3 is 0 Å². The molecule has 0 N–H and O–H groups in total. The lowest BCUT2D eigenvalue weighted by molar-refractivity contribution is 0.673. The summed E-state index contributed by atoms with van der Waals surface area (Å²) in [6.45, 7) is 0. The third-order valence-electron chi connectivity index (χ3n) is 10.6. The Kier molecular flexibility index (Phi) is 6.25. The van der Waals surface area contributed by atoms with Crippen molar-refractivity contribution in [2.75, 3.05) is 0 Å². The highest BCUT2D eigenvalue weighted by atomic mass is 16.3. The first-order chi connectivity index (χ1) is 25.8. The molecule has 0 saturated heterocycles. The van der Waals surface area contributed by atoms with Gasteiger partial charge in [0, 0.05) is 49.0 Å². The van der Waals surface area contributed by atoms with Crippen LogP contribution in [0.4, 0.5) is 0 Å². The topological polar surface area (TPSA) is 31.0 Å². The molecule has 242 valence electrons. The number of hydrogen-bond donors (Lipinski definition) is 0. The summed E-state index contributed by atoms with van der Waals surface area (Å²) in [4.78, 5) is 5.12. The van der Waals surface area contributed by atoms with E-state index in [0.717, 1.165) is 66.1 Å². The number of aromatic nitrogens is 2. The minimum Gasteiger partial charge on any atom is -0.455 e. The Hall–Kier alpha value is -6.97. The molecule has 0 aliphatic rings. The summed E-state index contributed by atoms with van der Waals surface area (Å²) >= 11 is 0. The van der Waals surface area contributed by atoms with Crippen LogP contribution in [-0.4, -0.2) is 9.55 Å². The molecule has 0 amide bonds. The molecule has 0 atom stereocenters. The number of benzene rings is 8. The number of fused-ring (bicyclic) bond motifs is 10. The van der Waals surface area contributed by atoms with E-state index in [1.807, 2.05) is 6.07 Å². The van der Waals surface area contributed by atoms with Gasteiger partial charge < -0.3 is 8.98 Å². The Morgan fingerprint density at radius 2 is 0.981 bits per heavy atom. The Morgan fingerprint density at radius 1 is 0.385 bits per heavy atom. The maximum absolute atomic E-state index is 6.70. The molecule has 0 fully saturated rings. The third kappa shape index (κ3) is 4.36. The number of para-hydroxylation sites is 3. The van der Waals surface area contributed by atoms with Gasteiger partial charge in [-0.15, -0.1) is 0 Å². The van der Waals surface area contributed by atoms with Crippen LogP contribution in [0.15, 0.2) is 186 Å². The minimum atomic E-state index is 0.882. The second-order valence-electron chi connectivity index (χ2n) is 13.5. The zero-order chi connectivity index (χ0) is 34.2. The summed E-state index contributed by atoms with van der Waals surface area (Å²) in [5, 5.41) is 8.04. The van der Waals surface area contributed by atoms with E-state index in [0.29, 0.717) is 0 Å². The smallest absolute Gasteiger partial charge is 0.144 e. The van der Waals surface area contributed by atoms with Gasteiger partial charge in [-0.25, -0.2) is 4.98 Å². The fourth-order valence-electron chi connectivity index (χ4n) is 8.12. The van der Waals surface area contributed by atoms with Crippen molar-refractivity contribution >= 4 is 65.4 Å². The summed E-state index contributed by atoms with van der Waals surface area (Å²) in [6, 6.07) is 64.8. The second kappa shape index (κ2) is 11.3. The maximum atomic E-state index is 6.70. The normalized spacial score (nSPS) is 11.8. The van der Waals surface area contributed by atoms with Gasteiger partial charge in [0.2, 0.25) is 0 Å². The lowest BCUT2D eigenvalue weighted by Gasteiger charge is -2.10. The highest BCUT2D eigenvalue weighted by molar-refractivity contribution is 6.25. The van der Waals surface area contributed by atoms with Crippen LogP contribution in [0, 0.1) is 0 Å². The molecular formula is C49H30N2O. The van der Waals surface area contributed by atoms with Gasteiger partial charge in [-0.3, -0.25) is 0 Å². The van der Waals surface area contributed by atoms with Crippen molar-refractivity contribution in [1.29, 1.82) is 0 Å². The molecule has 0 unspecified atom stereocenters. The van der Waals surface area contributed by atoms with E-state index in [2.05, 4.69) is 180 Å². The molecule has 0 aliphatic heterocycles. The van der Waals surface area contributed by atoms with E-state index >= 15 is 0 Å². The van der Waals surface area contributed by atoms with Crippen molar-refractivity contribution in [2.24, 2.45) is 0 Å². The average Bonchev–Trinajstić information content (AvgIpc) is 3.76. The summed E-state index contributed by atoms with van der Waals surface area (Å²) < 4.78 is 9.07. The Bertz CT molecular complexity index is 3150. The Labute approximate surface area is 299 Å². The van der Waals surface area contributed by atoms with Crippen LogP contribution < -0.4 is 0 Å².